The highest BCUT2D eigenvalue weighted by Crippen LogP contribution is 2.24. The van der Waals surface area contributed by atoms with E-state index in [1.807, 2.05) is 51.1 Å². The third kappa shape index (κ3) is 4.82. The first kappa shape index (κ1) is 21.0. The number of carbonyl (C=O) groups excluding carboxylic acids is 1. The number of thioether (sulfide) groups is 1. The Labute approximate surface area is 175 Å². The van der Waals surface area contributed by atoms with Crippen LogP contribution in [-0.4, -0.2) is 45.6 Å². The average molecular weight is 414 g/mol. The van der Waals surface area contributed by atoms with Crippen molar-refractivity contribution < 1.29 is 9.53 Å². The number of amides is 1. The average Bonchev–Trinajstić information content (AvgIpc) is 3.06. The summed E-state index contributed by atoms with van der Waals surface area (Å²) in [6.45, 7) is 6.60. The lowest BCUT2D eigenvalue weighted by atomic mass is 9.96. The highest BCUT2D eigenvalue weighted by Gasteiger charge is 2.23. The summed E-state index contributed by atoms with van der Waals surface area (Å²) >= 11 is 1.30. The molecule has 0 unspecified atom stereocenters. The summed E-state index contributed by atoms with van der Waals surface area (Å²) in [5.41, 5.74) is 0.863. The Kier molecular flexibility index (Phi) is 6.02. The summed E-state index contributed by atoms with van der Waals surface area (Å²) in [5, 5.41) is 11.0. The van der Waals surface area contributed by atoms with Gasteiger partial charge in [-0.3, -0.25) is 4.79 Å². The number of hydrogen-bond donors (Lipinski definition) is 1. The van der Waals surface area contributed by atoms with Crippen molar-refractivity contribution in [2.45, 2.75) is 37.9 Å². The molecule has 3 aromatic rings. The fourth-order valence-electron chi connectivity index (χ4n) is 2.98. The minimum Gasteiger partial charge on any atom is -0.497 e. The highest BCUT2D eigenvalue weighted by molar-refractivity contribution is 7.99. The molecule has 0 atom stereocenters. The van der Waals surface area contributed by atoms with Crippen molar-refractivity contribution in [3.63, 3.8) is 0 Å². The Morgan fingerprint density at radius 1 is 1.17 bits per heavy atom. The van der Waals surface area contributed by atoms with Crippen LogP contribution in [-0.2, 0) is 16.8 Å². The fraction of sp³-hybridized carbons (Fsp3) is 0.381. The van der Waals surface area contributed by atoms with Crippen LogP contribution in [0.5, 0.6) is 5.75 Å². The van der Waals surface area contributed by atoms with Gasteiger partial charge in [0.2, 0.25) is 11.1 Å². The summed E-state index contributed by atoms with van der Waals surface area (Å²) in [5.74, 6) is 7.86. The van der Waals surface area contributed by atoms with Crippen molar-refractivity contribution in [2.24, 2.45) is 0 Å². The SMILES string of the molecule is COc1ccc2cc(CN(C)C(=O)CSc3nnc(C(C)(C)C)n3N)ccc2c1. The van der Waals surface area contributed by atoms with E-state index in [-0.39, 0.29) is 17.1 Å². The first-order chi connectivity index (χ1) is 13.7. The van der Waals surface area contributed by atoms with Crippen molar-refractivity contribution in [1.82, 2.24) is 19.8 Å². The van der Waals surface area contributed by atoms with Gasteiger partial charge in [0.25, 0.3) is 0 Å². The zero-order valence-corrected chi connectivity index (χ0v) is 18.3. The molecule has 0 aliphatic heterocycles. The van der Waals surface area contributed by atoms with Crippen LogP contribution in [0.1, 0.15) is 32.2 Å². The van der Waals surface area contributed by atoms with Gasteiger partial charge in [0.1, 0.15) is 5.75 Å². The molecule has 0 spiro atoms. The van der Waals surface area contributed by atoms with Gasteiger partial charge in [0.15, 0.2) is 5.82 Å². The number of nitrogens with zero attached hydrogens (tertiary/aromatic N) is 4. The normalized spacial score (nSPS) is 11.6. The molecule has 0 fully saturated rings. The van der Waals surface area contributed by atoms with Crippen LogP contribution in [0.2, 0.25) is 0 Å². The van der Waals surface area contributed by atoms with Gasteiger partial charge < -0.3 is 15.5 Å². The van der Waals surface area contributed by atoms with Gasteiger partial charge in [-0.15, -0.1) is 10.2 Å². The molecule has 0 saturated carbocycles. The molecule has 0 radical (unpaired) electrons. The molecule has 2 aromatic carbocycles. The van der Waals surface area contributed by atoms with Gasteiger partial charge >= 0.3 is 0 Å². The molecule has 8 heteroatoms. The van der Waals surface area contributed by atoms with Crippen LogP contribution in [0.25, 0.3) is 10.8 Å². The number of carbonyl (C=O) groups is 1. The Morgan fingerprint density at radius 2 is 1.86 bits per heavy atom. The standard InChI is InChI=1S/C21H27N5O2S/c1-21(2,3)19-23-24-20(26(19)22)29-13-18(27)25(4)12-14-6-7-16-11-17(28-5)9-8-15(16)10-14/h6-11H,12-13,22H2,1-5H3. The van der Waals surface area contributed by atoms with Crippen LogP contribution >= 0.6 is 11.8 Å². The van der Waals surface area contributed by atoms with Gasteiger partial charge in [-0.1, -0.05) is 50.7 Å². The molecule has 1 heterocycles. The van der Waals surface area contributed by atoms with Crippen LogP contribution < -0.4 is 10.6 Å². The van der Waals surface area contributed by atoms with E-state index < -0.39 is 0 Å². The molecule has 0 bridgehead atoms. The smallest absolute Gasteiger partial charge is 0.233 e. The molecule has 7 nitrogen and oxygen atoms in total. The number of hydrogen-bond acceptors (Lipinski definition) is 6. The molecule has 0 aliphatic carbocycles. The van der Waals surface area contributed by atoms with Crippen molar-refractivity contribution >= 4 is 28.4 Å². The molecule has 1 aromatic heterocycles. The van der Waals surface area contributed by atoms with Gasteiger partial charge in [-0.05, 0) is 34.5 Å². The minimum atomic E-state index is -0.207. The summed E-state index contributed by atoms with van der Waals surface area (Å²) in [6, 6.07) is 12.1. The Balaban J connectivity index is 1.62. The van der Waals surface area contributed by atoms with Crippen molar-refractivity contribution in [1.29, 1.82) is 0 Å². The summed E-state index contributed by atoms with van der Waals surface area (Å²) in [4.78, 5) is 14.3. The van der Waals surface area contributed by atoms with Crippen LogP contribution in [0.3, 0.4) is 0 Å². The maximum Gasteiger partial charge on any atom is 0.233 e. The van der Waals surface area contributed by atoms with Crippen LogP contribution in [0, 0.1) is 0 Å². The number of aromatic nitrogens is 3. The second-order valence-electron chi connectivity index (χ2n) is 8.01. The van der Waals surface area contributed by atoms with E-state index in [2.05, 4.69) is 16.3 Å². The van der Waals surface area contributed by atoms with Crippen molar-refractivity contribution in [3.8, 4) is 5.75 Å². The van der Waals surface area contributed by atoms with E-state index in [1.54, 1.807) is 19.1 Å². The third-order valence-electron chi connectivity index (χ3n) is 4.62. The zero-order valence-electron chi connectivity index (χ0n) is 17.5. The first-order valence-corrected chi connectivity index (χ1v) is 10.3. The highest BCUT2D eigenvalue weighted by atomic mass is 32.2. The summed E-state index contributed by atoms with van der Waals surface area (Å²) in [7, 11) is 3.46. The Bertz CT molecular complexity index is 1030. The molecule has 1 amide bonds. The lowest BCUT2D eigenvalue weighted by Crippen LogP contribution is -2.28. The second kappa shape index (κ2) is 8.32. The molecule has 2 N–H and O–H groups in total. The second-order valence-corrected chi connectivity index (χ2v) is 8.95. The summed E-state index contributed by atoms with van der Waals surface area (Å²) in [6.07, 6.45) is 0. The lowest BCUT2D eigenvalue weighted by molar-refractivity contribution is -0.127. The maximum absolute atomic E-state index is 12.6. The maximum atomic E-state index is 12.6. The molecular formula is C21H27N5O2S. The monoisotopic (exact) mass is 413 g/mol. The van der Waals surface area contributed by atoms with E-state index in [9.17, 15) is 4.79 Å². The minimum absolute atomic E-state index is 0.00476. The zero-order chi connectivity index (χ0) is 21.2. The molecule has 154 valence electrons. The fourth-order valence-corrected chi connectivity index (χ4v) is 3.78. The van der Waals surface area contributed by atoms with Gasteiger partial charge in [-0.2, -0.15) is 0 Å². The number of nitrogen functional groups attached to an aromatic ring is 1. The van der Waals surface area contributed by atoms with Crippen LogP contribution in [0.4, 0.5) is 0 Å². The Hall–Kier alpha value is -2.74. The number of ether oxygens (including phenoxy) is 1. The predicted octanol–water partition coefficient (Wildman–Crippen LogP) is 3.20. The molecule has 0 saturated heterocycles. The van der Waals surface area contributed by atoms with Gasteiger partial charge in [0.05, 0.1) is 12.9 Å². The van der Waals surface area contributed by atoms with E-state index >= 15 is 0 Å². The predicted molar refractivity (Wildman–Crippen MR) is 117 cm³/mol. The first-order valence-electron chi connectivity index (χ1n) is 9.33. The van der Waals surface area contributed by atoms with E-state index in [0.29, 0.717) is 17.5 Å². The van der Waals surface area contributed by atoms with Gasteiger partial charge in [-0.25, -0.2) is 4.68 Å². The molecule has 29 heavy (non-hydrogen) atoms. The third-order valence-corrected chi connectivity index (χ3v) is 5.55. The molecule has 0 aliphatic rings. The number of rotatable bonds is 6. The number of methoxy groups -OCH3 is 1. The molecule has 3 rings (SSSR count). The lowest BCUT2D eigenvalue weighted by Gasteiger charge is -2.18. The topological polar surface area (TPSA) is 86.3 Å². The largest absolute Gasteiger partial charge is 0.497 e. The van der Waals surface area contributed by atoms with Crippen molar-refractivity contribution in [3.05, 3.63) is 47.8 Å². The summed E-state index contributed by atoms with van der Waals surface area (Å²) < 4.78 is 6.73. The van der Waals surface area contributed by atoms with E-state index in [1.165, 1.54) is 16.4 Å². The number of nitrogens with two attached hydrogens (primary N) is 1. The van der Waals surface area contributed by atoms with Gasteiger partial charge in [0, 0.05) is 19.0 Å². The van der Waals surface area contributed by atoms with E-state index in [0.717, 1.165) is 22.1 Å². The number of benzene rings is 2. The number of fused-ring (bicyclic) bond motifs is 1. The van der Waals surface area contributed by atoms with E-state index in [4.69, 9.17) is 10.6 Å². The Morgan fingerprint density at radius 3 is 2.52 bits per heavy atom. The van der Waals surface area contributed by atoms with Crippen molar-refractivity contribution in [2.75, 3.05) is 25.8 Å². The van der Waals surface area contributed by atoms with Crippen LogP contribution in [0.15, 0.2) is 41.6 Å². The molecular weight excluding hydrogens is 386 g/mol. The quantitative estimate of drug-likeness (QED) is 0.493.